The number of carbonyl (C=O) groups is 1. The summed E-state index contributed by atoms with van der Waals surface area (Å²) in [6.07, 6.45) is 0.293. The van der Waals surface area contributed by atoms with Crippen molar-refractivity contribution in [2.75, 3.05) is 0 Å². The number of carbonyl (C=O) groups excluding carboxylic acids is 1. The predicted octanol–water partition coefficient (Wildman–Crippen LogP) is 1.94. The zero-order chi connectivity index (χ0) is 18.1. The quantitative estimate of drug-likeness (QED) is 0.668. The van der Waals surface area contributed by atoms with Gasteiger partial charge in [-0.15, -0.1) is 21.5 Å². The number of aliphatic carboxylic acids is 1. The third kappa shape index (κ3) is 3.40. The van der Waals surface area contributed by atoms with Gasteiger partial charge in [-0.25, -0.2) is 4.39 Å². The van der Waals surface area contributed by atoms with Gasteiger partial charge in [0.05, 0.1) is 15.8 Å². The molecule has 4 rings (SSSR count). The average molecular weight is 387 g/mol. The van der Waals surface area contributed by atoms with Crippen molar-refractivity contribution in [1.29, 1.82) is 0 Å². The second-order valence-corrected chi connectivity index (χ2v) is 7.78. The van der Waals surface area contributed by atoms with E-state index >= 15 is 0 Å². The highest BCUT2D eigenvalue weighted by atomic mass is 32.2. The van der Waals surface area contributed by atoms with Crippen LogP contribution in [0.3, 0.4) is 0 Å². The summed E-state index contributed by atoms with van der Waals surface area (Å²) in [5.41, 5.74) is 1.55. The summed E-state index contributed by atoms with van der Waals surface area (Å²) < 4.78 is 14.7. The van der Waals surface area contributed by atoms with Gasteiger partial charge in [-0.2, -0.15) is 9.78 Å². The van der Waals surface area contributed by atoms with E-state index in [0.29, 0.717) is 23.1 Å². The summed E-state index contributed by atoms with van der Waals surface area (Å²) in [6, 6.07) is 9.97. The fraction of sp³-hybridized carbons (Fsp3) is 0.176. The van der Waals surface area contributed by atoms with Crippen molar-refractivity contribution in [2.45, 2.75) is 23.2 Å². The van der Waals surface area contributed by atoms with E-state index in [4.69, 9.17) is 0 Å². The number of thiophene rings is 1. The zero-order valence-electron chi connectivity index (χ0n) is 13.3. The number of aromatic nitrogens is 3. The number of thioether (sulfide) groups is 1. The second kappa shape index (κ2) is 7.00. The second-order valence-electron chi connectivity index (χ2n) is 5.66. The number of nitrogens with zero attached hydrogens (tertiary/aromatic N) is 4. The van der Waals surface area contributed by atoms with Crippen LogP contribution in [0.1, 0.15) is 22.7 Å². The molecule has 26 heavy (non-hydrogen) atoms. The summed E-state index contributed by atoms with van der Waals surface area (Å²) in [4.78, 5) is 12.0. The highest BCUT2D eigenvalue weighted by Crippen LogP contribution is 2.33. The van der Waals surface area contributed by atoms with E-state index in [0.717, 1.165) is 10.4 Å². The molecule has 1 aliphatic rings. The summed E-state index contributed by atoms with van der Waals surface area (Å²) in [5, 5.41) is 26.1. The molecule has 0 radical (unpaired) electrons. The van der Waals surface area contributed by atoms with Crippen molar-refractivity contribution in [2.24, 2.45) is 5.10 Å². The lowest BCUT2D eigenvalue weighted by Gasteiger charge is -2.22. The number of benzene rings is 1. The van der Waals surface area contributed by atoms with Gasteiger partial charge in [0.2, 0.25) is 5.16 Å². The first-order valence-corrected chi connectivity index (χ1v) is 9.54. The first-order valence-electron chi connectivity index (χ1n) is 7.78. The predicted molar refractivity (Wildman–Crippen MR) is 94.8 cm³/mol. The molecule has 3 heterocycles. The van der Waals surface area contributed by atoms with E-state index < -0.39 is 5.97 Å². The molecular formula is C17H12FN4O2S2-. The van der Waals surface area contributed by atoms with Crippen LogP contribution in [0.2, 0.25) is 0 Å². The molecular weight excluding hydrogens is 375 g/mol. The van der Waals surface area contributed by atoms with Crippen LogP contribution in [-0.4, -0.2) is 31.8 Å². The van der Waals surface area contributed by atoms with Crippen LogP contribution in [0.4, 0.5) is 4.39 Å². The van der Waals surface area contributed by atoms with E-state index in [9.17, 15) is 14.3 Å². The van der Waals surface area contributed by atoms with Crippen LogP contribution in [0.5, 0.6) is 0 Å². The molecule has 0 bridgehead atoms. The number of hydrogen-bond donors (Lipinski definition) is 0. The molecule has 2 aromatic heterocycles. The van der Waals surface area contributed by atoms with E-state index in [1.807, 2.05) is 17.5 Å². The van der Waals surface area contributed by atoms with E-state index in [-0.39, 0.29) is 17.5 Å². The highest BCUT2D eigenvalue weighted by molar-refractivity contribution is 8.00. The maximum absolute atomic E-state index is 13.1. The molecule has 0 spiro atoms. The van der Waals surface area contributed by atoms with Gasteiger partial charge in [0.1, 0.15) is 5.82 Å². The smallest absolute Gasteiger partial charge is 0.212 e. The van der Waals surface area contributed by atoms with E-state index in [1.165, 1.54) is 35.2 Å². The molecule has 0 saturated heterocycles. The third-order valence-corrected chi connectivity index (χ3v) is 5.87. The Morgan fingerprint density at radius 1 is 1.23 bits per heavy atom. The Bertz CT molecular complexity index is 967. The Kier molecular flexibility index (Phi) is 4.56. The molecule has 1 aliphatic heterocycles. The number of fused-ring (bicyclic) bond motifs is 1. The largest absolute Gasteiger partial charge is 0.550 e. The standard InChI is InChI=1S/C17H13FN4O2S2/c18-11-5-3-10(4-6-11)8-14-19-20-17-22(14)21-16(12-2-1-7-25-12)13(26-17)9-15(23)24/h1-7,13H,8-9H2,(H,23,24)/p-1. The Morgan fingerprint density at radius 3 is 2.73 bits per heavy atom. The number of carboxylic acids is 1. The van der Waals surface area contributed by atoms with Crippen molar-refractivity contribution in [1.82, 2.24) is 14.9 Å². The van der Waals surface area contributed by atoms with Crippen LogP contribution >= 0.6 is 23.1 Å². The van der Waals surface area contributed by atoms with Crippen LogP contribution in [-0.2, 0) is 11.2 Å². The molecule has 9 heteroatoms. The number of hydrogen-bond acceptors (Lipinski definition) is 7. The fourth-order valence-corrected chi connectivity index (χ4v) is 4.57. The Hall–Kier alpha value is -2.52. The molecule has 6 nitrogen and oxygen atoms in total. The monoisotopic (exact) mass is 387 g/mol. The maximum Gasteiger partial charge on any atom is 0.212 e. The molecule has 1 unspecified atom stereocenters. The topological polar surface area (TPSA) is 83.2 Å². The molecule has 132 valence electrons. The van der Waals surface area contributed by atoms with Gasteiger partial charge >= 0.3 is 0 Å². The summed E-state index contributed by atoms with van der Waals surface area (Å²) in [7, 11) is 0. The normalized spacial score (nSPS) is 16.2. The molecule has 0 N–H and O–H groups in total. The molecule has 0 aliphatic carbocycles. The lowest BCUT2D eigenvalue weighted by molar-refractivity contribution is -0.305. The minimum atomic E-state index is -1.13. The number of rotatable bonds is 5. The maximum atomic E-state index is 13.1. The van der Waals surface area contributed by atoms with E-state index in [1.54, 1.807) is 16.8 Å². The fourth-order valence-electron chi connectivity index (χ4n) is 2.64. The van der Waals surface area contributed by atoms with Crippen molar-refractivity contribution >= 4 is 34.8 Å². The van der Waals surface area contributed by atoms with Gasteiger partial charge in [0, 0.05) is 18.8 Å². The van der Waals surface area contributed by atoms with Crippen LogP contribution in [0.25, 0.3) is 0 Å². The van der Waals surface area contributed by atoms with Gasteiger partial charge in [-0.05, 0) is 29.1 Å². The number of halogens is 1. The Labute approximate surface area is 156 Å². The highest BCUT2D eigenvalue weighted by Gasteiger charge is 2.29. The van der Waals surface area contributed by atoms with Gasteiger partial charge < -0.3 is 9.90 Å². The molecule has 0 saturated carbocycles. The first kappa shape index (κ1) is 16.9. The van der Waals surface area contributed by atoms with Gasteiger partial charge in [-0.1, -0.05) is 30.0 Å². The van der Waals surface area contributed by atoms with Crippen molar-refractivity contribution in [3.63, 3.8) is 0 Å². The first-order chi connectivity index (χ1) is 12.6. The summed E-state index contributed by atoms with van der Waals surface area (Å²) >= 11 is 2.81. The lowest BCUT2D eigenvalue weighted by Crippen LogP contribution is -2.32. The molecule has 0 amide bonds. The van der Waals surface area contributed by atoms with Crippen molar-refractivity contribution in [3.8, 4) is 0 Å². The van der Waals surface area contributed by atoms with Gasteiger partial charge in [-0.3, -0.25) is 0 Å². The Balaban J connectivity index is 1.70. The zero-order valence-corrected chi connectivity index (χ0v) is 15.0. The average Bonchev–Trinajstić information content (AvgIpc) is 3.26. The van der Waals surface area contributed by atoms with Gasteiger partial charge in [0.25, 0.3) is 0 Å². The third-order valence-electron chi connectivity index (χ3n) is 3.84. The van der Waals surface area contributed by atoms with Crippen molar-refractivity contribution < 1.29 is 14.3 Å². The molecule has 0 fully saturated rings. The lowest BCUT2D eigenvalue weighted by atomic mass is 10.1. The SMILES string of the molecule is O=C([O-])CC1Sc2nnc(Cc3ccc(F)cc3)n2N=C1c1cccs1. The summed E-state index contributed by atoms with van der Waals surface area (Å²) in [6.45, 7) is 0. The molecule has 1 aromatic carbocycles. The van der Waals surface area contributed by atoms with E-state index in [2.05, 4.69) is 15.3 Å². The van der Waals surface area contributed by atoms with Gasteiger partial charge in [0.15, 0.2) is 5.82 Å². The van der Waals surface area contributed by atoms with Crippen LogP contribution < -0.4 is 5.11 Å². The minimum absolute atomic E-state index is 0.151. The number of carboxylic acid groups (broad SMARTS) is 1. The van der Waals surface area contributed by atoms with Crippen LogP contribution in [0.15, 0.2) is 52.0 Å². The minimum Gasteiger partial charge on any atom is -0.550 e. The molecule has 3 aromatic rings. The summed E-state index contributed by atoms with van der Waals surface area (Å²) in [5.74, 6) is -0.818. The Morgan fingerprint density at radius 2 is 2.04 bits per heavy atom. The molecule has 1 atom stereocenters. The van der Waals surface area contributed by atoms with Crippen LogP contribution in [0, 0.1) is 5.82 Å². The van der Waals surface area contributed by atoms with Crippen molar-refractivity contribution in [3.05, 3.63) is 63.9 Å².